The molecule has 1 unspecified atom stereocenters. The maximum absolute atomic E-state index is 10.3. The molecular weight excluding hydrogens is 216 g/mol. The van der Waals surface area contributed by atoms with Crippen molar-refractivity contribution in [1.29, 1.82) is 0 Å². The van der Waals surface area contributed by atoms with Crippen molar-refractivity contribution in [3.63, 3.8) is 0 Å². The molecule has 17 heavy (non-hydrogen) atoms. The van der Waals surface area contributed by atoms with Crippen LogP contribution in [0.15, 0.2) is 24.5 Å². The summed E-state index contributed by atoms with van der Waals surface area (Å²) >= 11 is 0. The standard InChI is InChI=1S/C12H16N4O/c1-3-6-16-11(8-14-15-16)12(17)10-4-5-13-9(2)7-10/h4-5,7-8,12,17H,3,6H2,1-2H3. The zero-order valence-electron chi connectivity index (χ0n) is 10.0. The van der Waals surface area contributed by atoms with Crippen molar-refractivity contribution in [2.45, 2.75) is 32.9 Å². The average Bonchev–Trinajstić information content (AvgIpc) is 2.77. The number of hydrogen-bond acceptors (Lipinski definition) is 4. The minimum Gasteiger partial charge on any atom is -0.382 e. The monoisotopic (exact) mass is 232 g/mol. The Morgan fingerprint density at radius 2 is 2.29 bits per heavy atom. The number of aryl methyl sites for hydroxylation is 2. The van der Waals surface area contributed by atoms with Gasteiger partial charge in [0.25, 0.3) is 0 Å². The van der Waals surface area contributed by atoms with E-state index in [9.17, 15) is 5.11 Å². The molecule has 0 aliphatic rings. The molecule has 0 aliphatic carbocycles. The van der Waals surface area contributed by atoms with E-state index >= 15 is 0 Å². The number of aliphatic hydroxyl groups is 1. The first-order valence-corrected chi connectivity index (χ1v) is 5.71. The molecule has 0 aliphatic heterocycles. The molecule has 0 radical (unpaired) electrons. The Morgan fingerprint density at radius 1 is 1.47 bits per heavy atom. The van der Waals surface area contributed by atoms with Gasteiger partial charge in [-0.05, 0) is 31.0 Å². The lowest BCUT2D eigenvalue weighted by atomic mass is 10.1. The quantitative estimate of drug-likeness (QED) is 0.867. The van der Waals surface area contributed by atoms with E-state index in [0.717, 1.165) is 29.9 Å². The molecule has 0 saturated heterocycles. The SMILES string of the molecule is CCCn1nncc1C(O)c1ccnc(C)c1. The Balaban J connectivity index is 2.30. The van der Waals surface area contributed by atoms with Gasteiger partial charge in [0.2, 0.25) is 0 Å². The van der Waals surface area contributed by atoms with Gasteiger partial charge in [-0.1, -0.05) is 12.1 Å². The number of nitrogens with zero attached hydrogens (tertiary/aromatic N) is 4. The smallest absolute Gasteiger partial charge is 0.122 e. The molecule has 0 bridgehead atoms. The van der Waals surface area contributed by atoms with Gasteiger partial charge in [0.05, 0.1) is 11.9 Å². The highest BCUT2D eigenvalue weighted by Crippen LogP contribution is 2.21. The first kappa shape index (κ1) is 11.7. The van der Waals surface area contributed by atoms with Crippen LogP contribution in [0.2, 0.25) is 0 Å². The number of hydrogen-bond donors (Lipinski definition) is 1. The van der Waals surface area contributed by atoms with Crippen molar-refractivity contribution < 1.29 is 5.11 Å². The van der Waals surface area contributed by atoms with Crippen molar-refractivity contribution in [3.05, 3.63) is 41.5 Å². The molecule has 5 nitrogen and oxygen atoms in total. The van der Waals surface area contributed by atoms with Gasteiger partial charge in [0.15, 0.2) is 0 Å². The van der Waals surface area contributed by atoms with Crippen LogP contribution in [-0.2, 0) is 6.54 Å². The van der Waals surface area contributed by atoms with Crippen LogP contribution in [0.3, 0.4) is 0 Å². The van der Waals surface area contributed by atoms with Gasteiger partial charge >= 0.3 is 0 Å². The first-order valence-electron chi connectivity index (χ1n) is 5.71. The molecule has 0 aromatic carbocycles. The fraction of sp³-hybridized carbons (Fsp3) is 0.417. The van der Waals surface area contributed by atoms with Crippen molar-refractivity contribution in [2.24, 2.45) is 0 Å². The zero-order valence-corrected chi connectivity index (χ0v) is 10.0. The van der Waals surface area contributed by atoms with Crippen LogP contribution in [-0.4, -0.2) is 25.1 Å². The van der Waals surface area contributed by atoms with E-state index in [1.807, 2.05) is 13.0 Å². The van der Waals surface area contributed by atoms with Gasteiger partial charge in [-0.3, -0.25) is 4.98 Å². The third-order valence-corrected chi connectivity index (χ3v) is 2.60. The van der Waals surface area contributed by atoms with Crippen molar-refractivity contribution in [2.75, 3.05) is 0 Å². The molecule has 0 spiro atoms. The molecule has 2 rings (SSSR count). The van der Waals surface area contributed by atoms with Crippen molar-refractivity contribution >= 4 is 0 Å². The second kappa shape index (κ2) is 5.05. The fourth-order valence-electron chi connectivity index (χ4n) is 1.77. The van der Waals surface area contributed by atoms with E-state index in [0.29, 0.717) is 0 Å². The third kappa shape index (κ3) is 2.50. The molecule has 5 heteroatoms. The largest absolute Gasteiger partial charge is 0.382 e. The van der Waals surface area contributed by atoms with E-state index < -0.39 is 6.10 Å². The topological polar surface area (TPSA) is 63.8 Å². The van der Waals surface area contributed by atoms with Crippen LogP contribution in [0.25, 0.3) is 0 Å². The highest BCUT2D eigenvalue weighted by Gasteiger charge is 2.16. The van der Waals surface area contributed by atoms with Crippen molar-refractivity contribution in [3.8, 4) is 0 Å². The lowest BCUT2D eigenvalue weighted by Crippen LogP contribution is -2.10. The van der Waals surface area contributed by atoms with Crippen LogP contribution in [0.4, 0.5) is 0 Å². The summed E-state index contributed by atoms with van der Waals surface area (Å²) in [4.78, 5) is 4.11. The molecular formula is C12H16N4O. The Kier molecular flexibility index (Phi) is 3.49. The zero-order chi connectivity index (χ0) is 12.3. The Morgan fingerprint density at radius 3 is 3.00 bits per heavy atom. The third-order valence-electron chi connectivity index (χ3n) is 2.60. The van der Waals surface area contributed by atoms with Crippen LogP contribution < -0.4 is 0 Å². The minimum absolute atomic E-state index is 0.696. The van der Waals surface area contributed by atoms with E-state index in [1.165, 1.54) is 0 Å². The van der Waals surface area contributed by atoms with Crippen LogP contribution in [0.5, 0.6) is 0 Å². The van der Waals surface area contributed by atoms with E-state index in [1.54, 1.807) is 23.1 Å². The number of rotatable bonds is 4. The molecule has 90 valence electrons. The lowest BCUT2D eigenvalue weighted by Gasteiger charge is -2.12. The van der Waals surface area contributed by atoms with Crippen LogP contribution >= 0.6 is 0 Å². The van der Waals surface area contributed by atoms with Gasteiger partial charge < -0.3 is 5.11 Å². The Hall–Kier alpha value is -1.75. The highest BCUT2D eigenvalue weighted by molar-refractivity contribution is 5.24. The van der Waals surface area contributed by atoms with Crippen LogP contribution in [0.1, 0.15) is 36.4 Å². The summed E-state index contributed by atoms with van der Waals surface area (Å²) < 4.78 is 1.74. The van der Waals surface area contributed by atoms with Gasteiger partial charge in [0, 0.05) is 18.4 Å². The summed E-state index contributed by atoms with van der Waals surface area (Å²) in [6.07, 6.45) is 3.56. The maximum Gasteiger partial charge on any atom is 0.122 e. The molecule has 2 aromatic heterocycles. The molecule has 2 aromatic rings. The maximum atomic E-state index is 10.3. The molecule has 2 heterocycles. The van der Waals surface area contributed by atoms with Gasteiger partial charge in [-0.25, -0.2) is 4.68 Å². The molecule has 0 fully saturated rings. The highest BCUT2D eigenvalue weighted by atomic mass is 16.3. The van der Waals surface area contributed by atoms with E-state index in [-0.39, 0.29) is 0 Å². The molecule has 0 saturated carbocycles. The van der Waals surface area contributed by atoms with Crippen LogP contribution in [0, 0.1) is 6.92 Å². The average molecular weight is 232 g/mol. The minimum atomic E-state index is -0.696. The summed E-state index contributed by atoms with van der Waals surface area (Å²) in [6, 6.07) is 3.68. The normalized spacial score (nSPS) is 12.6. The van der Waals surface area contributed by atoms with Crippen molar-refractivity contribution in [1.82, 2.24) is 20.0 Å². The summed E-state index contributed by atoms with van der Waals surface area (Å²) in [5.41, 5.74) is 2.42. The summed E-state index contributed by atoms with van der Waals surface area (Å²) in [5.74, 6) is 0. The summed E-state index contributed by atoms with van der Waals surface area (Å²) in [7, 11) is 0. The number of aliphatic hydroxyl groups excluding tert-OH is 1. The van der Waals surface area contributed by atoms with Gasteiger partial charge in [0.1, 0.15) is 6.10 Å². The van der Waals surface area contributed by atoms with Gasteiger partial charge in [-0.2, -0.15) is 0 Å². The molecule has 0 amide bonds. The fourth-order valence-corrected chi connectivity index (χ4v) is 1.77. The summed E-state index contributed by atoms with van der Waals surface area (Å²) in [6.45, 7) is 4.72. The Labute approximate surface area is 100 Å². The predicted molar refractivity (Wildman–Crippen MR) is 63.3 cm³/mol. The van der Waals surface area contributed by atoms with E-state index in [4.69, 9.17) is 0 Å². The lowest BCUT2D eigenvalue weighted by molar-refractivity contribution is 0.207. The molecule has 1 N–H and O–H groups in total. The first-order chi connectivity index (χ1) is 8.22. The number of aromatic nitrogens is 4. The number of pyridine rings is 1. The molecule has 1 atom stereocenters. The summed E-state index contributed by atoms with van der Waals surface area (Å²) in [5, 5.41) is 18.1. The van der Waals surface area contributed by atoms with E-state index in [2.05, 4.69) is 22.2 Å². The second-order valence-corrected chi connectivity index (χ2v) is 4.02. The Bertz CT molecular complexity index is 495. The predicted octanol–water partition coefficient (Wildman–Crippen LogP) is 1.47. The second-order valence-electron chi connectivity index (χ2n) is 4.02. The van der Waals surface area contributed by atoms with Gasteiger partial charge in [-0.15, -0.1) is 5.10 Å².